The predicted molar refractivity (Wildman–Crippen MR) is 85.8 cm³/mol. The van der Waals surface area contributed by atoms with Gasteiger partial charge in [-0.25, -0.2) is 13.8 Å². The second kappa shape index (κ2) is 9.97. The maximum Gasteiger partial charge on any atom is 0.255 e. The normalized spacial score (nSPS) is 11.6. The number of hydrogen-bond acceptors (Lipinski definition) is 2. The van der Waals surface area contributed by atoms with Crippen molar-refractivity contribution < 1.29 is 13.5 Å². The quantitative estimate of drug-likeness (QED) is 0.572. The van der Waals surface area contributed by atoms with E-state index in [1.807, 2.05) is 39.0 Å². The summed E-state index contributed by atoms with van der Waals surface area (Å²) < 4.78 is 30.3. The highest BCUT2D eigenvalue weighted by Crippen LogP contribution is 2.21. The fourth-order valence-corrected chi connectivity index (χ4v) is 1.82. The third-order valence-electron chi connectivity index (χ3n) is 2.86. The molecule has 0 heterocycles. The maximum absolute atomic E-state index is 12.3. The van der Waals surface area contributed by atoms with Crippen LogP contribution in [-0.4, -0.2) is 32.1 Å². The van der Waals surface area contributed by atoms with Gasteiger partial charge in [-0.1, -0.05) is 19.1 Å². The molecule has 1 aromatic carbocycles. The summed E-state index contributed by atoms with van der Waals surface area (Å²) in [6.45, 7) is 7.15. The lowest BCUT2D eigenvalue weighted by Gasteiger charge is -2.13. The van der Waals surface area contributed by atoms with Crippen molar-refractivity contribution in [3.8, 4) is 5.75 Å². The van der Waals surface area contributed by atoms with Gasteiger partial charge in [0.2, 0.25) is 0 Å². The lowest BCUT2D eigenvalue weighted by molar-refractivity contribution is 0.152. The number of hydrogen-bond donors (Lipinski definition) is 2. The summed E-state index contributed by atoms with van der Waals surface area (Å²) in [6.07, 6.45) is -1.48. The van der Waals surface area contributed by atoms with Gasteiger partial charge < -0.3 is 15.4 Å². The van der Waals surface area contributed by atoms with Crippen LogP contribution in [0, 0.1) is 6.92 Å². The number of guanidine groups is 1. The molecule has 0 atom stereocenters. The van der Waals surface area contributed by atoms with Gasteiger partial charge >= 0.3 is 0 Å². The predicted octanol–water partition coefficient (Wildman–Crippen LogP) is 3.10. The molecule has 22 heavy (non-hydrogen) atoms. The fourth-order valence-electron chi connectivity index (χ4n) is 1.82. The van der Waals surface area contributed by atoms with E-state index in [0.29, 0.717) is 25.7 Å². The van der Waals surface area contributed by atoms with Gasteiger partial charge in [-0.15, -0.1) is 0 Å². The van der Waals surface area contributed by atoms with Gasteiger partial charge in [0.05, 0.1) is 19.7 Å². The van der Waals surface area contributed by atoms with Crippen molar-refractivity contribution in [1.82, 2.24) is 10.6 Å². The van der Waals surface area contributed by atoms with E-state index in [1.54, 1.807) is 0 Å². The summed E-state index contributed by atoms with van der Waals surface area (Å²) in [4.78, 5) is 4.34. The van der Waals surface area contributed by atoms with Crippen LogP contribution in [0.25, 0.3) is 0 Å². The van der Waals surface area contributed by atoms with E-state index in [1.165, 1.54) is 0 Å². The first-order valence-electron chi connectivity index (χ1n) is 7.59. The summed E-state index contributed by atoms with van der Waals surface area (Å²) in [5, 5.41) is 5.56. The molecule has 1 aromatic rings. The van der Waals surface area contributed by atoms with Crippen LogP contribution in [0.1, 0.15) is 31.4 Å². The average molecular weight is 313 g/mol. The Morgan fingerprint density at radius 3 is 2.68 bits per heavy atom. The van der Waals surface area contributed by atoms with Gasteiger partial charge in [-0.3, -0.25) is 0 Å². The van der Waals surface area contributed by atoms with Crippen molar-refractivity contribution >= 4 is 5.96 Å². The van der Waals surface area contributed by atoms with Crippen molar-refractivity contribution in [2.75, 3.05) is 19.7 Å². The molecule has 0 amide bonds. The highest BCUT2D eigenvalue weighted by atomic mass is 19.3. The highest BCUT2D eigenvalue weighted by molar-refractivity contribution is 5.79. The van der Waals surface area contributed by atoms with Gasteiger partial charge in [0.25, 0.3) is 6.43 Å². The lowest BCUT2D eigenvalue weighted by Crippen LogP contribution is -2.39. The van der Waals surface area contributed by atoms with Crippen LogP contribution in [-0.2, 0) is 6.54 Å². The fraction of sp³-hybridized carbons (Fsp3) is 0.562. The standard InChI is InChI=1S/C16H25F2N3O/c1-4-8-22-14-9-12(3)6-7-13(14)10-20-16(19-5-2)21-11-15(17)18/h6-7,9,15H,4-5,8,10-11H2,1-3H3,(H2,19,20,21). The molecule has 2 N–H and O–H groups in total. The van der Waals surface area contributed by atoms with Crippen LogP contribution >= 0.6 is 0 Å². The molecule has 0 saturated carbocycles. The molecule has 0 spiro atoms. The van der Waals surface area contributed by atoms with Crippen molar-refractivity contribution in [3.63, 3.8) is 0 Å². The van der Waals surface area contributed by atoms with Gasteiger partial charge in [0, 0.05) is 12.1 Å². The number of nitrogens with zero attached hydrogens (tertiary/aromatic N) is 1. The number of benzene rings is 1. The minimum absolute atomic E-state index is 0.373. The van der Waals surface area contributed by atoms with Crippen LogP contribution in [0.4, 0.5) is 8.78 Å². The number of halogens is 2. The Hall–Kier alpha value is -1.85. The van der Waals surface area contributed by atoms with Crippen LogP contribution in [0.2, 0.25) is 0 Å². The molecule has 0 aromatic heterocycles. The summed E-state index contributed by atoms with van der Waals surface area (Å²) in [5.74, 6) is 1.18. The molecule has 0 bridgehead atoms. The van der Waals surface area contributed by atoms with Gasteiger partial charge in [-0.2, -0.15) is 0 Å². The summed E-state index contributed by atoms with van der Waals surface area (Å²) in [5.41, 5.74) is 2.05. The monoisotopic (exact) mass is 313 g/mol. The van der Waals surface area contributed by atoms with E-state index < -0.39 is 13.0 Å². The van der Waals surface area contributed by atoms with Crippen LogP contribution < -0.4 is 15.4 Å². The smallest absolute Gasteiger partial charge is 0.255 e. The Bertz CT molecular complexity index is 478. The molecule has 124 valence electrons. The first-order valence-corrected chi connectivity index (χ1v) is 7.59. The summed E-state index contributed by atoms with van der Waals surface area (Å²) >= 11 is 0. The second-order valence-corrected chi connectivity index (χ2v) is 4.93. The first kappa shape index (κ1) is 18.2. The molecule has 0 aliphatic rings. The molecule has 0 saturated heterocycles. The largest absolute Gasteiger partial charge is 0.493 e. The minimum atomic E-state index is -2.41. The van der Waals surface area contributed by atoms with E-state index in [9.17, 15) is 8.78 Å². The van der Waals surface area contributed by atoms with Gasteiger partial charge in [0.15, 0.2) is 5.96 Å². The molecule has 0 aliphatic carbocycles. The average Bonchev–Trinajstić information content (AvgIpc) is 2.49. The highest BCUT2D eigenvalue weighted by Gasteiger charge is 2.06. The molecular weight excluding hydrogens is 288 g/mol. The van der Waals surface area contributed by atoms with E-state index >= 15 is 0 Å². The van der Waals surface area contributed by atoms with Crippen molar-refractivity contribution in [2.24, 2.45) is 4.99 Å². The number of aryl methyl sites for hydroxylation is 1. The van der Waals surface area contributed by atoms with Crippen LogP contribution in [0.5, 0.6) is 5.75 Å². The molecular formula is C16H25F2N3O. The van der Waals surface area contributed by atoms with Crippen LogP contribution in [0.3, 0.4) is 0 Å². The molecule has 1 rings (SSSR count). The Kier molecular flexibility index (Phi) is 8.25. The zero-order valence-electron chi connectivity index (χ0n) is 13.5. The zero-order chi connectivity index (χ0) is 16.4. The second-order valence-electron chi connectivity index (χ2n) is 4.93. The molecule has 0 unspecified atom stereocenters. The SMILES string of the molecule is CCCOc1cc(C)ccc1CN=C(NCC)NCC(F)F. The lowest BCUT2D eigenvalue weighted by atomic mass is 10.1. The summed E-state index contributed by atoms with van der Waals surface area (Å²) in [6, 6.07) is 5.92. The zero-order valence-corrected chi connectivity index (χ0v) is 13.5. The third-order valence-corrected chi connectivity index (χ3v) is 2.86. The summed E-state index contributed by atoms with van der Waals surface area (Å²) in [7, 11) is 0. The van der Waals surface area contributed by atoms with Gasteiger partial charge in [0.1, 0.15) is 5.75 Å². The number of rotatable bonds is 8. The first-order chi connectivity index (χ1) is 10.6. The van der Waals surface area contributed by atoms with Crippen molar-refractivity contribution in [2.45, 2.75) is 40.2 Å². The van der Waals surface area contributed by atoms with Crippen molar-refractivity contribution in [3.05, 3.63) is 29.3 Å². The van der Waals surface area contributed by atoms with Gasteiger partial charge in [-0.05, 0) is 31.9 Å². The topological polar surface area (TPSA) is 45.6 Å². The van der Waals surface area contributed by atoms with E-state index in [4.69, 9.17) is 4.74 Å². The Morgan fingerprint density at radius 1 is 1.27 bits per heavy atom. The number of aliphatic imine (C=N–C) groups is 1. The van der Waals surface area contributed by atoms with E-state index in [-0.39, 0.29) is 0 Å². The van der Waals surface area contributed by atoms with E-state index in [0.717, 1.165) is 23.3 Å². The number of ether oxygens (including phenoxy) is 1. The number of nitrogens with one attached hydrogen (secondary N) is 2. The molecule has 6 heteroatoms. The molecule has 0 radical (unpaired) electrons. The Labute approximate surface area is 131 Å². The molecule has 0 fully saturated rings. The van der Waals surface area contributed by atoms with Crippen molar-refractivity contribution in [1.29, 1.82) is 0 Å². The Balaban J connectivity index is 2.79. The minimum Gasteiger partial charge on any atom is -0.493 e. The third kappa shape index (κ3) is 6.74. The van der Waals surface area contributed by atoms with E-state index in [2.05, 4.69) is 15.6 Å². The van der Waals surface area contributed by atoms with Crippen LogP contribution in [0.15, 0.2) is 23.2 Å². The molecule has 4 nitrogen and oxygen atoms in total. The molecule has 0 aliphatic heterocycles. The number of alkyl halides is 2. The maximum atomic E-state index is 12.3. The Morgan fingerprint density at radius 2 is 2.05 bits per heavy atom.